The predicted octanol–water partition coefficient (Wildman–Crippen LogP) is 7.08. The SMILES string of the molecule is Cc1ccc(-c2cccc(Oc3ccc(C(=O)NC4CC(C)(C)NC(C)(C)C4)cc3Cl)c2C#N)s1. The zero-order valence-corrected chi connectivity index (χ0v) is 22.2. The Morgan fingerprint density at radius 2 is 1.83 bits per heavy atom. The Labute approximate surface area is 216 Å². The van der Waals surface area contributed by atoms with Crippen molar-refractivity contribution in [2.24, 2.45) is 0 Å². The van der Waals surface area contributed by atoms with E-state index in [4.69, 9.17) is 16.3 Å². The normalized spacial score (nSPS) is 16.9. The van der Waals surface area contributed by atoms with E-state index in [1.807, 2.05) is 31.2 Å². The lowest BCUT2D eigenvalue weighted by atomic mass is 9.79. The van der Waals surface area contributed by atoms with Crippen LogP contribution in [0.1, 0.15) is 61.3 Å². The highest BCUT2D eigenvalue weighted by molar-refractivity contribution is 7.15. The van der Waals surface area contributed by atoms with Gasteiger partial charge in [-0.3, -0.25) is 4.79 Å². The van der Waals surface area contributed by atoms with Crippen LogP contribution in [0.15, 0.2) is 48.5 Å². The van der Waals surface area contributed by atoms with E-state index in [1.54, 1.807) is 35.6 Å². The van der Waals surface area contributed by atoms with E-state index in [9.17, 15) is 10.1 Å². The van der Waals surface area contributed by atoms with Gasteiger partial charge in [0.2, 0.25) is 0 Å². The number of hydrogen-bond donors (Lipinski definition) is 2. The molecular weight excluding hydrogens is 478 g/mol. The monoisotopic (exact) mass is 507 g/mol. The van der Waals surface area contributed by atoms with Crippen molar-refractivity contribution in [3.63, 3.8) is 0 Å². The summed E-state index contributed by atoms with van der Waals surface area (Å²) in [6.07, 6.45) is 1.68. The van der Waals surface area contributed by atoms with Gasteiger partial charge in [-0.25, -0.2) is 0 Å². The molecule has 2 N–H and O–H groups in total. The first-order chi connectivity index (χ1) is 16.5. The number of hydrogen-bond acceptors (Lipinski definition) is 5. The van der Waals surface area contributed by atoms with Crippen LogP contribution in [-0.2, 0) is 0 Å². The number of nitriles is 1. The summed E-state index contributed by atoms with van der Waals surface area (Å²) in [7, 11) is 0. The van der Waals surface area contributed by atoms with Crippen LogP contribution in [0.25, 0.3) is 10.4 Å². The summed E-state index contributed by atoms with van der Waals surface area (Å²) in [6, 6.07) is 16.9. The van der Waals surface area contributed by atoms with Crippen LogP contribution in [0.3, 0.4) is 0 Å². The number of thiophene rings is 1. The summed E-state index contributed by atoms with van der Waals surface area (Å²) in [5.74, 6) is 0.655. The summed E-state index contributed by atoms with van der Waals surface area (Å²) in [4.78, 5) is 15.2. The van der Waals surface area contributed by atoms with Gasteiger partial charge in [0.05, 0.1) is 5.02 Å². The molecule has 1 aromatic heterocycles. The molecule has 0 spiro atoms. The number of nitrogens with zero attached hydrogens (tertiary/aromatic N) is 1. The molecule has 1 aliphatic rings. The van der Waals surface area contributed by atoms with Crippen LogP contribution in [0.4, 0.5) is 0 Å². The van der Waals surface area contributed by atoms with E-state index in [2.05, 4.69) is 44.4 Å². The summed E-state index contributed by atoms with van der Waals surface area (Å²) in [6.45, 7) is 10.6. The number of halogens is 1. The van der Waals surface area contributed by atoms with Crippen LogP contribution in [0, 0.1) is 18.3 Å². The van der Waals surface area contributed by atoms with E-state index < -0.39 is 0 Å². The minimum atomic E-state index is -0.162. The molecule has 5 nitrogen and oxygen atoms in total. The minimum Gasteiger partial charge on any atom is -0.454 e. The molecule has 1 fully saturated rings. The van der Waals surface area contributed by atoms with Crippen molar-refractivity contribution in [1.29, 1.82) is 5.26 Å². The van der Waals surface area contributed by atoms with Gasteiger partial charge in [0.1, 0.15) is 23.1 Å². The second-order valence-corrected chi connectivity index (χ2v) is 12.1. The molecule has 0 bridgehead atoms. The number of nitrogens with one attached hydrogen (secondary N) is 2. The average Bonchev–Trinajstić information content (AvgIpc) is 3.18. The summed E-state index contributed by atoms with van der Waals surface area (Å²) in [5.41, 5.74) is 1.61. The topological polar surface area (TPSA) is 74.2 Å². The predicted molar refractivity (Wildman–Crippen MR) is 143 cm³/mol. The van der Waals surface area contributed by atoms with Crippen molar-refractivity contribution in [2.45, 2.75) is 64.6 Å². The fraction of sp³-hybridized carbons (Fsp3) is 0.357. The number of ether oxygens (including phenoxy) is 1. The maximum Gasteiger partial charge on any atom is 0.251 e. The number of aryl methyl sites for hydroxylation is 1. The van der Waals surface area contributed by atoms with E-state index >= 15 is 0 Å². The fourth-order valence-corrected chi connectivity index (χ4v) is 6.17. The third-order valence-corrected chi connectivity index (χ3v) is 7.41. The molecule has 1 saturated heterocycles. The Morgan fingerprint density at radius 3 is 2.43 bits per heavy atom. The lowest BCUT2D eigenvalue weighted by Crippen LogP contribution is -2.62. The van der Waals surface area contributed by atoms with Gasteiger partial charge >= 0.3 is 0 Å². The van der Waals surface area contributed by atoms with Gasteiger partial charge in [0.25, 0.3) is 5.91 Å². The van der Waals surface area contributed by atoms with Crippen molar-refractivity contribution in [1.82, 2.24) is 10.6 Å². The van der Waals surface area contributed by atoms with Crippen molar-refractivity contribution >= 4 is 28.8 Å². The van der Waals surface area contributed by atoms with Gasteiger partial charge in [0.15, 0.2) is 0 Å². The Balaban J connectivity index is 1.52. The molecule has 2 aromatic carbocycles. The van der Waals surface area contributed by atoms with Crippen LogP contribution in [0.5, 0.6) is 11.5 Å². The highest BCUT2D eigenvalue weighted by Gasteiger charge is 2.38. The lowest BCUT2D eigenvalue weighted by Gasteiger charge is -2.46. The standard InChI is InChI=1S/C28H30ClN3O2S/c1-17-9-12-25(35-17)20-7-6-8-23(21(20)16-30)34-24-11-10-18(13-22(24)29)26(33)31-19-14-27(2,3)32-28(4,5)15-19/h6-13,19,32H,14-15H2,1-5H3,(H,31,33). The van der Waals surface area contributed by atoms with Crippen LogP contribution < -0.4 is 15.4 Å². The number of carbonyl (C=O) groups excluding carboxylic acids is 1. The van der Waals surface area contributed by atoms with Gasteiger partial charge in [-0.1, -0.05) is 23.7 Å². The second-order valence-electron chi connectivity index (χ2n) is 10.4. The fourth-order valence-electron chi connectivity index (χ4n) is 5.05. The second kappa shape index (κ2) is 9.66. The van der Waals surface area contributed by atoms with E-state index in [0.29, 0.717) is 27.6 Å². The summed E-state index contributed by atoms with van der Waals surface area (Å²) in [5, 5.41) is 17.0. The van der Waals surface area contributed by atoms with Gasteiger partial charge in [-0.2, -0.15) is 5.26 Å². The largest absolute Gasteiger partial charge is 0.454 e. The zero-order valence-electron chi connectivity index (χ0n) is 20.7. The van der Waals surface area contributed by atoms with Crippen molar-refractivity contribution in [3.8, 4) is 28.0 Å². The Bertz CT molecular complexity index is 1290. The van der Waals surface area contributed by atoms with E-state index in [1.165, 1.54) is 4.88 Å². The first-order valence-electron chi connectivity index (χ1n) is 11.6. The quantitative estimate of drug-likeness (QED) is 0.387. The lowest BCUT2D eigenvalue weighted by molar-refractivity contribution is 0.0873. The van der Waals surface area contributed by atoms with Gasteiger partial charge in [-0.15, -0.1) is 11.3 Å². The van der Waals surface area contributed by atoms with Crippen molar-refractivity contribution in [2.75, 3.05) is 0 Å². The first-order valence-corrected chi connectivity index (χ1v) is 12.8. The molecule has 35 heavy (non-hydrogen) atoms. The zero-order chi connectivity index (χ0) is 25.4. The number of carbonyl (C=O) groups is 1. The number of benzene rings is 2. The molecule has 7 heteroatoms. The molecule has 0 radical (unpaired) electrons. The maximum atomic E-state index is 13.0. The molecule has 1 amide bonds. The molecule has 2 heterocycles. The summed E-state index contributed by atoms with van der Waals surface area (Å²) >= 11 is 8.14. The number of rotatable bonds is 5. The van der Waals surface area contributed by atoms with Crippen LogP contribution >= 0.6 is 22.9 Å². The molecule has 1 aliphatic heterocycles. The minimum absolute atomic E-state index is 0.0604. The van der Waals surface area contributed by atoms with Gasteiger partial charge in [-0.05, 0) is 83.9 Å². The molecule has 0 unspecified atom stereocenters. The maximum absolute atomic E-state index is 13.0. The van der Waals surface area contributed by atoms with Crippen molar-refractivity contribution < 1.29 is 9.53 Å². The molecule has 182 valence electrons. The highest BCUT2D eigenvalue weighted by atomic mass is 35.5. The van der Waals surface area contributed by atoms with Gasteiger partial charge < -0.3 is 15.4 Å². The summed E-state index contributed by atoms with van der Waals surface area (Å²) < 4.78 is 6.05. The van der Waals surface area contributed by atoms with E-state index in [-0.39, 0.29) is 23.0 Å². The molecule has 0 aliphatic carbocycles. The third-order valence-electron chi connectivity index (χ3n) is 6.08. The smallest absolute Gasteiger partial charge is 0.251 e. The number of amides is 1. The molecule has 4 rings (SSSR count). The molecule has 0 atom stereocenters. The highest BCUT2D eigenvalue weighted by Crippen LogP contribution is 2.38. The molecular formula is C28H30ClN3O2S. The molecule has 0 saturated carbocycles. The Kier molecular flexibility index (Phi) is 6.97. The Morgan fingerprint density at radius 1 is 1.11 bits per heavy atom. The van der Waals surface area contributed by atoms with E-state index in [0.717, 1.165) is 23.3 Å². The number of piperidine rings is 1. The van der Waals surface area contributed by atoms with Crippen LogP contribution in [0.2, 0.25) is 5.02 Å². The average molecular weight is 508 g/mol. The molecule has 3 aromatic rings. The van der Waals surface area contributed by atoms with Crippen molar-refractivity contribution in [3.05, 3.63) is 69.6 Å². The Hall–Kier alpha value is -2.85. The van der Waals surface area contributed by atoms with Gasteiger partial charge in [0, 0.05) is 38.0 Å². The first kappa shape index (κ1) is 25.2. The third kappa shape index (κ3) is 5.87. The van der Waals surface area contributed by atoms with Crippen LogP contribution in [-0.4, -0.2) is 23.0 Å².